The Morgan fingerprint density at radius 3 is 3.05 bits per heavy atom. The van der Waals surface area contributed by atoms with Crippen molar-refractivity contribution in [3.63, 3.8) is 0 Å². The maximum absolute atomic E-state index is 12.3. The van der Waals surface area contributed by atoms with Crippen molar-refractivity contribution in [2.75, 3.05) is 13.1 Å². The van der Waals surface area contributed by atoms with E-state index in [-0.39, 0.29) is 19.0 Å². The molecule has 2 amide bonds. The summed E-state index contributed by atoms with van der Waals surface area (Å²) >= 11 is 0. The molecular weight excluding hydrogens is 318 g/mol. The fourth-order valence-corrected chi connectivity index (χ4v) is 3.04. The van der Waals surface area contributed by atoms with Gasteiger partial charge in [-0.1, -0.05) is 0 Å². The van der Waals surface area contributed by atoms with Gasteiger partial charge in [0.25, 0.3) is 0 Å². The summed E-state index contributed by atoms with van der Waals surface area (Å²) in [6, 6.07) is -1.99. The Bertz CT molecular complexity index is 730. The number of fused-ring (bicyclic) bond motifs is 4. The second-order valence-electron chi connectivity index (χ2n) is 4.81. The van der Waals surface area contributed by atoms with Crippen LogP contribution in [0, 0.1) is 5.41 Å². The van der Waals surface area contributed by atoms with Gasteiger partial charge in [0.05, 0.1) is 18.3 Å². The number of hydrogen-bond donors (Lipinski definition) is 5. The van der Waals surface area contributed by atoms with Gasteiger partial charge in [-0.25, -0.2) is 4.79 Å². The third kappa shape index (κ3) is 2.34. The zero-order chi connectivity index (χ0) is 16.1. The van der Waals surface area contributed by atoms with Crippen molar-refractivity contribution in [3.05, 3.63) is 17.5 Å². The van der Waals surface area contributed by atoms with Gasteiger partial charge in [-0.2, -0.15) is 18.6 Å². The SMILES string of the molecule is N=C(N)NC[C@@H]1c2n[nH]cc2[C@@H]2CN1C(=O)N2OS(=O)(=O)O. The molecule has 3 rings (SSSR count). The van der Waals surface area contributed by atoms with Crippen molar-refractivity contribution in [3.8, 4) is 0 Å². The van der Waals surface area contributed by atoms with Crippen LogP contribution in [0.4, 0.5) is 4.79 Å². The van der Waals surface area contributed by atoms with Crippen molar-refractivity contribution in [1.82, 2.24) is 25.5 Å². The molecule has 0 saturated carbocycles. The first-order chi connectivity index (χ1) is 10.3. The first kappa shape index (κ1) is 14.6. The average molecular weight is 331 g/mol. The Morgan fingerprint density at radius 2 is 2.41 bits per heavy atom. The molecule has 1 saturated heterocycles. The lowest BCUT2D eigenvalue weighted by Crippen LogP contribution is -2.43. The molecule has 1 aromatic rings. The molecule has 1 fully saturated rings. The molecule has 0 radical (unpaired) electrons. The number of carbonyl (C=O) groups excluding carboxylic acids is 1. The van der Waals surface area contributed by atoms with E-state index in [4.69, 9.17) is 15.7 Å². The summed E-state index contributed by atoms with van der Waals surface area (Å²) in [5.41, 5.74) is 6.32. The van der Waals surface area contributed by atoms with Gasteiger partial charge in [0.2, 0.25) is 0 Å². The number of hydroxylamine groups is 2. The molecule has 120 valence electrons. The number of nitrogens with two attached hydrogens (primary N) is 1. The smallest absolute Gasteiger partial charge is 0.370 e. The molecule has 22 heavy (non-hydrogen) atoms. The van der Waals surface area contributed by atoms with E-state index in [0.717, 1.165) is 0 Å². The Kier molecular flexibility index (Phi) is 3.19. The number of amides is 2. The highest BCUT2D eigenvalue weighted by Gasteiger charge is 2.51. The number of urea groups is 1. The van der Waals surface area contributed by atoms with E-state index in [1.807, 2.05) is 0 Å². The third-order valence-corrected chi connectivity index (χ3v) is 3.85. The second-order valence-corrected chi connectivity index (χ2v) is 5.82. The zero-order valence-electron chi connectivity index (χ0n) is 11.1. The number of aromatic amines is 1. The van der Waals surface area contributed by atoms with Gasteiger partial charge >= 0.3 is 16.4 Å². The summed E-state index contributed by atoms with van der Waals surface area (Å²) in [7, 11) is -4.83. The van der Waals surface area contributed by atoms with Gasteiger partial charge in [-0.15, -0.1) is 4.28 Å². The first-order valence-electron chi connectivity index (χ1n) is 6.16. The molecule has 2 aliphatic heterocycles. The molecule has 0 spiro atoms. The van der Waals surface area contributed by atoms with Crippen molar-refractivity contribution in [2.24, 2.45) is 5.73 Å². The lowest BCUT2D eigenvalue weighted by molar-refractivity contribution is -0.0317. The largest absolute Gasteiger partial charge is 0.418 e. The van der Waals surface area contributed by atoms with Gasteiger partial charge in [0.1, 0.15) is 6.04 Å². The zero-order valence-corrected chi connectivity index (χ0v) is 11.9. The van der Waals surface area contributed by atoms with E-state index in [1.165, 1.54) is 11.1 Å². The monoisotopic (exact) mass is 331 g/mol. The molecule has 1 aromatic heterocycles. The Hall–Kier alpha value is -2.38. The van der Waals surface area contributed by atoms with E-state index in [0.29, 0.717) is 16.3 Å². The number of H-pyrrole nitrogens is 1. The van der Waals surface area contributed by atoms with Crippen molar-refractivity contribution < 1.29 is 22.0 Å². The minimum Gasteiger partial charge on any atom is -0.370 e. The van der Waals surface area contributed by atoms with E-state index in [2.05, 4.69) is 19.8 Å². The maximum atomic E-state index is 12.3. The predicted molar refractivity (Wildman–Crippen MR) is 70.6 cm³/mol. The van der Waals surface area contributed by atoms with Gasteiger partial charge in [-0.05, 0) is 0 Å². The van der Waals surface area contributed by atoms with Gasteiger partial charge in [0.15, 0.2) is 5.96 Å². The molecule has 12 nitrogen and oxygen atoms in total. The minimum absolute atomic E-state index is 0.130. The Labute approximate surface area is 124 Å². The number of guanidine groups is 1. The summed E-state index contributed by atoms with van der Waals surface area (Å²) < 4.78 is 35.0. The summed E-state index contributed by atoms with van der Waals surface area (Å²) in [6.07, 6.45) is 1.52. The number of nitrogens with zero attached hydrogens (tertiary/aromatic N) is 3. The predicted octanol–water partition coefficient (Wildman–Crippen LogP) is -1.54. The standard InChI is InChI=1S/C9H13N7O5S/c10-8(11)12-2-5-7-4(1-13-14-7)6-3-15(5)9(17)16(6)21-22(18,19)20/h1,5-6H,2-3H2,(H,13,14)(H4,10,11,12)(H,18,19,20)/t5-,6+/m1/s1. The quantitative estimate of drug-likeness (QED) is 0.250. The summed E-state index contributed by atoms with van der Waals surface area (Å²) in [4.78, 5) is 13.6. The van der Waals surface area contributed by atoms with E-state index < -0.39 is 28.5 Å². The van der Waals surface area contributed by atoms with Crippen LogP contribution in [-0.4, -0.2) is 58.2 Å². The normalized spacial score (nSPS) is 23.6. The summed E-state index contributed by atoms with van der Waals surface area (Å²) in [6.45, 7) is 0.288. The number of rotatable bonds is 4. The van der Waals surface area contributed by atoms with Gasteiger partial charge < -0.3 is 16.0 Å². The Morgan fingerprint density at radius 1 is 1.68 bits per heavy atom. The summed E-state index contributed by atoms with van der Waals surface area (Å²) in [5.74, 6) is -0.267. The van der Waals surface area contributed by atoms with E-state index in [9.17, 15) is 13.2 Å². The van der Waals surface area contributed by atoms with Crippen LogP contribution >= 0.6 is 0 Å². The van der Waals surface area contributed by atoms with Crippen LogP contribution in [0.15, 0.2) is 6.20 Å². The number of nitrogens with one attached hydrogen (secondary N) is 3. The molecule has 0 aliphatic carbocycles. The van der Waals surface area contributed by atoms with Crippen LogP contribution in [0.3, 0.4) is 0 Å². The molecule has 13 heteroatoms. The number of hydrogen-bond acceptors (Lipinski definition) is 6. The Balaban J connectivity index is 1.94. The molecule has 0 unspecified atom stereocenters. The number of aromatic nitrogens is 2. The molecular formula is C9H13N7O5S. The van der Waals surface area contributed by atoms with Crippen LogP contribution in [0.1, 0.15) is 23.3 Å². The average Bonchev–Trinajstić information content (AvgIpc) is 2.97. The van der Waals surface area contributed by atoms with Crippen LogP contribution in [-0.2, 0) is 14.7 Å². The third-order valence-electron chi connectivity index (χ3n) is 3.50. The molecule has 0 aromatic carbocycles. The lowest BCUT2D eigenvalue weighted by Gasteiger charge is -2.29. The highest BCUT2D eigenvalue weighted by atomic mass is 32.3. The van der Waals surface area contributed by atoms with Crippen molar-refractivity contribution in [2.45, 2.75) is 12.1 Å². The molecule has 6 N–H and O–H groups in total. The molecule has 3 heterocycles. The lowest BCUT2D eigenvalue weighted by atomic mass is 9.98. The number of carbonyl (C=O) groups is 1. The first-order valence-corrected chi connectivity index (χ1v) is 7.52. The van der Waals surface area contributed by atoms with Crippen LogP contribution in [0.25, 0.3) is 0 Å². The highest BCUT2D eigenvalue weighted by Crippen LogP contribution is 2.42. The van der Waals surface area contributed by atoms with E-state index in [1.54, 1.807) is 0 Å². The second kappa shape index (κ2) is 4.82. The van der Waals surface area contributed by atoms with Crippen molar-refractivity contribution >= 4 is 22.4 Å². The van der Waals surface area contributed by atoms with Crippen LogP contribution < -0.4 is 11.1 Å². The summed E-state index contributed by atoms with van der Waals surface area (Å²) in [5, 5.41) is 17.1. The minimum atomic E-state index is -4.83. The molecule has 2 aliphatic rings. The fourth-order valence-electron chi connectivity index (χ4n) is 2.67. The van der Waals surface area contributed by atoms with Crippen LogP contribution in [0.2, 0.25) is 0 Å². The van der Waals surface area contributed by atoms with Gasteiger partial charge in [-0.3, -0.25) is 15.1 Å². The van der Waals surface area contributed by atoms with Crippen molar-refractivity contribution in [1.29, 1.82) is 5.41 Å². The van der Waals surface area contributed by atoms with Crippen LogP contribution in [0.5, 0.6) is 0 Å². The maximum Gasteiger partial charge on any atom is 0.418 e. The van der Waals surface area contributed by atoms with Gasteiger partial charge in [0, 0.05) is 18.3 Å². The van der Waals surface area contributed by atoms with E-state index >= 15 is 0 Å². The highest BCUT2D eigenvalue weighted by molar-refractivity contribution is 7.80. The topological polar surface area (TPSA) is 178 Å². The fraction of sp³-hybridized carbons (Fsp3) is 0.444. The molecule has 2 bridgehead atoms. The molecule has 2 atom stereocenters.